The van der Waals surface area contributed by atoms with E-state index in [1.807, 2.05) is 0 Å². The molecule has 0 unspecified atom stereocenters. The molecule has 1 fully saturated rings. The number of hydrogen-bond acceptors (Lipinski definition) is 3. The molecule has 1 aliphatic rings. The molecular weight excluding hydrogens is 310 g/mol. The topological polar surface area (TPSA) is 51.8 Å². The molecule has 0 saturated heterocycles. The highest BCUT2D eigenvalue weighted by atomic mass is 19.3. The molecule has 23 heavy (non-hydrogen) atoms. The Morgan fingerprint density at radius 2 is 1.78 bits per heavy atom. The summed E-state index contributed by atoms with van der Waals surface area (Å²) in [5, 5.41) is 7.75. The molecule has 1 saturated carbocycles. The zero-order chi connectivity index (χ0) is 16.6. The van der Waals surface area contributed by atoms with E-state index in [2.05, 4.69) is 10.2 Å². The number of nitrogens with two attached hydrogens (primary N) is 1. The van der Waals surface area contributed by atoms with Crippen LogP contribution in [0.1, 0.15) is 37.3 Å². The molecule has 2 aromatic rings. The van der Waals surface area contributed by atoms with Crippen LogP contribution in [0.3, 0.4) is 0 Å². The van der Waals surface area contributed by atoms with Crippen LogP contribution in [-0.2, 0) is 0 Å². The average molecular weight is 325 g/mol. The van der Waals surface area contributed by atoms with E-state index in [4.69, 9.17) is 5.73 Å². The van der Waals surface area contributed by atoms with Crippen LogP contribution in [0.4, 0.5) is 23.2 Å². The summed E-state index contributed by atoms with van der Waals surface area (Å²) in [5.41, 5.74) is 6.81. The lowest BCUT2D eigenvalue weighted by atomic mass is 9.83. The molecule has 3 rings (SSSR count). The van der Waals surface area contributed by atoms with Crippen molar-refractivity contribution in [3.8, 4) is 11.1 Å². The van der Waals surface area contributed by atoms with Gasteiger partial charge in [0.15, 0.2) is 0 Å². The van der Waals surface area contributed by atoms with Gasteiger partial charge in [-0.15, -0.1) is 0 Å². The largest absolute Gasteiger partial charge is 0.397 e. The molecule has 1 heterocycles. The van der Waals surface area contributed by atoms with Crippen LogP contribution in [0.5, 0.6) is 0 Å². The Kier molecular flexibility index (Phi) is 3.95. The standard InChI is InChI=1S/C16H15F4N3/c17-10-1-2-13(18)11(7-10)12-8-22-23-15(14(12)21)9-3-5-16(19,20)6-4-9/h1-2,7-9H,3-6H2,(H2,21,22). The summed E-state index contributed by atoms with van der Waals surface area (Å²) in [7, 11) is 0. The van der Waals surface area contributed by atoms with Gasteiger partial charge < -0.3 is 5.73 Å². The summed E-state index contributed by atoms with van der Waals surface area (Å²) in [6.07, 6.45) is 1.25. The van der Waals surface area contributed by atoms with Crippen molar-refractivity contribution in [3.63, 3.8) is 0 Å². The Hall–Kier alpha value is -2.18. The molecule has 0 bridgehead atoms. The lowest BCUT2D eigenvalue weighted by Crippen LogP contribution is -2.24. The third-order valence-electron chi connectivity index (χ3n) is 4.24. The van der Waals surface area contributed by atoms with Gasteiger partial charge in [-0.25, -0.2) is 17.6 Å². The number of aromatic nitrogens is 2. The number of nitrogens with zero attached hydrogens (tertiary/aromatic N) is 2. The van der Waals surface area contributed by atoms with E-state index in [9.17, 15) is 17.6 Å². The van der Waals surface area contributed by atoms with Gasteiger partial charge in [-0.05, 0) is 31.0 Å². The number of anilines is 1. The zero-order valence-electron chi connectivity index (χ0n) is 12.2. The van der Waals surface area contributed by atoms with Gasteiger partial charge in [0, 0.05) is 29.9 Å². The Morgan fingerprint density at radius 1 is 1.09 bits per heavy atom. The van der Waals surface area contributed by atoms with E-state index in [1.54, 1.807) is 0 Å². The van der Waals surface area contributed by atoms with Crippen molar-refractivity contribution in [1.82, 2.24) is 10.2 Å². The van der Waals surface area contributed by atoms with E-state index >= 15 is 0 Å². The maximum Gasteiger partial charge on any atom is 0.248 e. The summed E-state index contributed by atoms with van der Waals surface area (Å²) in [5.74, 6) is -4.15. The van der Waals surface area contributed by atoms with Crippen molar-refractivity contribution in [2.24, 2.45) is 0 Å². The minimum absolute atomic E-state index is 0.0141. The molecule has 2 N–H and O–H groups in total. The highest BCUT2D eigenvalue weighted by molar-refractivity contribution is 5.77. The second kappa shape index (κ2) is 5.79. The molecular formula is C16H15F4N3. The summed E-state index contributed by atoms with van der Waals surface area (Å²) >= 11 is 0. The first-order valence-electron chi connectivity index (χ1n) is 7.32. The number of nitrogen functional groups attached to an aromatic ring is 1. The summed E-state index contributed by atoms with van der Waals surface area (Å²) in [6.45, 7) is 0. The van der Waals surface area contributed by atoms with E-state index in [-0.39, 0.29) is 48.4 Å². The van der Waals surface area contributed by atoms with Gasteiger partial charge in [-0.3, -0.25) is 0 Å². The third kappa shape index (κ3) is 3.13. The molecule has 1 aromatic heterocycles. The van der Waals surface area contributed by atoms with Gasteiger partial charge >= 0.3 is 0 Å². The van der Waals surface area contributed by atoms with Crippen molar-refractivity contribution < 1.29 is 17.6 Å². The Morgan fingerprint density at radius 3 is 2.48 bits per heavy atom. The van der Waals surface area contributed by atoms with Gasteiger partial charge in [0.25, 0.3) is 0 Å². The second-order valence-electron chi connectivity index (χ2n) is 5.81. The minimum Gasteiger partial charge on any atom is -0.397 e. The molecule has 1 aromatic carbocycles. The van der Waals surface area contributed by atoms with E-state index < -0.39 is 17.6 Å². The highest BCUT2D eigenvalue weighted by Crippen LogP contribution is 2.43. The first-order valence-corrected chi connectivity index (χ1v) is 7.32. The fraction of sp³-hybridized carbons (Fsp3) is 0.375. The van der Waals surface area contributed by atoms with Gasteiger partial charge in [-0.2, -0.15) is 10.2 Å². The van der Waals surface area contributed by atoms with Crippen molar-refractivity contribution in [2.75, 3.05) is 5.73 Å². The van der Waals surface area contributed by atoms with Gasteiger partial charge in [0.05, 0.1) is 17.6 Å². The van der Waals surface area contributed by atoms with Crippen molar-refractivity contribution in [2.45, 2.75) is 37.5 Å². The molecule has 0 spiro atoms. The number of benzene rings is 1. The van der Waals surface area contributed by atoms with Crippen molar-refractivity contribution >= 4 is 5.69 Å². The molecule has 0 aliphatic heterocycles. The molecule has 0 amide bonds. The molecule has 1 aliphatic carbocycles. The molecule has 0 atom stereocenters. The fourth-order valence-electron chi connectivity index (χ4n) is 2.94. The predicted octanol–water partition coefficient (Wildman–Crippen LogP) is 4.30. The monoisotopic (exact) mass is 325 g/mol. The van der Waals surface area contributed by atoms with E-state index in [0.29, 0.717) is 5.69 Å². The normalized spacial score (nSPS) is 18.1. The van der Waals surface area contributed by atoms with Crippen molar-refractivity contribution in [3.05, 3.63) is 41.7 Å². The van der Waals surface area contributed by atoms with Crippen LogP contribution in [0.25, 0.3) is 11.1 Å². The quantitative estimate of drug-likeness (QED) is 0.838. The Balaban J connectivity index is 1.98. The van der Waals surface area contributed by atoms with Gasteiger partial charge in [-0.1, -0.05) is 0 Å². The number of alkyl halides is 2. The molecule has 7 heteroatoms. The first-order chi connectivity index (χ1) is 10.9. The van der Waals surface area contributed by atoms with Crippen LogP contribution < -0.4 is 5.73 Å². The first kappa shape index (κ1) is 15.7. The maximum absolute atomic E-state index is 13.9. The fourth-order valence-corrected chi connectivity index (χ4v) is 2.94. The second-order valence-corrected chi connectivity index (χ2v) is 5.81. The predicted molar refractivity (Wildman–Crippen MR) is 78.0 cm³/mol. The van der Waals surface area contributed by atoms with Gasteiger partial charge in [0.2, 0.25) is 5.92 Å². The molecule has 3 nitrogen and oxygen atoms in total. The summed E-state index contributed by atoms with van der Waals surface area (Å²) in [4.78, 5) is 0. The van der Waals surface area contributed by atoms with Crippen LogP contribution in [0.2, 0.25) is 0 Å². The number of halogens is 4. The Labute approximate surface area is 130 Å². The summed E-state index contributed by atoms with van der Waals surface area (Å²) < 4.78 is 53.9. The van der Waals surface area contributed by atoms with Crippen molar-refractivity contribution in [1.29, 1.82) is 0 Å². The van der Waals surface area contributed by atoms with Gasteiger partial charge in [0.1, 0.15) is 11.6 Å². The molecule has 122 valence electrons. The molecule has 0 radical (unpaired) electrons. The lowest BCUT2D eigenvalue weighted by molar-refractivity contribution is -0.0384. The lowest BCUT2D eigenvalue weighted by Gasteiger charge is -2.28. The van der Waals surface area contributed by atoms with Crippen LogP contribution in [-0.4, -0.2) is 16.1 Å². The SMILES string of the molecule is Nc1c(-c2cc(F)ccc2F)cnnc1C1CCC(F)(F)CC1. The highest BCUT2D eigenvalue weighted by Gasteiger charge is 2.36. The maximum atomic E-state index is 13.9. The minimum atomic E-state index is -2.66. The number of hydrogen-bond donors (Lipinski definition) is 1. The van der Waals surface area contributed by atoms with E-state index in [0.717, 1.165) is 18.2 Å². The van der Waals surface area contributed by atoms with Crippen LogP contribution in [0.15, 0.2) is 24.4 Å². The van der Waals surface area contributed by atoms with Crippen LogP contribution >= 0.6 is 0 Å². The smallest absolute Gasteiger partial charge is 0.248 e. The summed E-state index contributed by atoms with van der Waals surface area (Å²) in [6, 6.07) is 3.04. The van der Waals surface area contributed by atoms with Crippen LogP contribution in [0, 0.1) is 11.6 Å². The zero-order valence-corrected chi connectivity index (χ0v) is 12.2. The van der Waals surface area contributed by atoms with E-state index in [1.165, 1.54) is 6.20 Å². The number of rotatable bonds is 2. The Bertz CT molecular complexity index is 723. The third-order valence-corrected chi connectivity index (χ3v) is 4.24. The average Bonchev–Trinajstić information content (AvgIpc) is 2.51.